The number of nitrogens with one attached hydrogen (secondary N) is 1. The molecular formula is C59H97NO41S2. The summed E-state index contributed by atoms with van der Waals surface area (Å²) in [7, 11) is 1.35. The lowest BCUT2D eigenvalue weighted by Gasteiger charge is -2.50. The van der Waals surface area contributed by atoms with Crippen LogP contribution in [-0.4, -0.2) is 441 Å². The molecule has 21 aliphatic heterocycles. The Morgan fingerprint density at radius 2 is 0.602 bits per heavy atom. The van der Waals surface area contributed by atoms with Gasteiger partial charge in [0.2, 0.25) is 0 Å². The van der Waals surface area contributed by atoms with Crippen molar-refractivity contribution >= 4 is 47.0 Å². The van der Waals surface area contributed by atoms with Crippen LogP contribution in [0.5, 0.6) is 0 Å². The van der Waals surface area contributed by atoms with E-state index in [1.54, 1.807) is 0 Å². The van der Waals surface area contributed by atoms with Crippen LogP contribution in [0.25, 0.3) is 0 Å². The molecule has 0 amide bonds. The van der Waals surface area contributed by atoms with E-state index in [9.17, 15) is 126 Å². The van der Waals surface area contributed by atoms with Crippen molar-refractivity contribution in [1.82, 2.24) is 5.32 Å². The van der Waals surface area contributed by atoms with Gasteiger partial charge in [-0.2, -0.15) is 23.5 Å². The van der Waals surface area contributed by atoms with Crippen LogP contribution in [0.1, 0.15) is 26.2 Å². The summed E-state index contributed by atoms with van der Waals surface area (Å²) in [5.74, 6) is -6.08. The Balaban J connectivity index is 1.08. The molecule has 42 nitrogen and oxygen atoms in total. The van der Waals surface area contributed by atoms with Crippen LogP contribution in [0, 0.1) is 5.92 Å². The second-order valence-corrected chi connectivity index (χ2v) is 27.9. The summed E-state index contributed by atoms with van der Waals surface area (Å²) in [5.41, 5.74) is 0. The summed E-state index contributed by atoms with van der Waals surface area (Å²) < 4.78 is 93.3. The number of ether oxygens (including phenoxy) is 16. The number of hydrogen-bond acceptors (Lipinski definition) is 42. The van der Waals surface area contributed by atoms with Crippen LogP contribution in [0.3, 0.4) is 0 Å². The Morgan fingerprint density at radius 3 is 0.845 bits per heavy atom. The van der Waals surface area contributed by atoms with Crippen molar-refractivity contribution in [2.24, 2.45) is 5.92 Å². The third kappa shape index (κ3) is 21.0. The van der Waals surface area contributed by atoms with Crippen LogP contribution in [0.4, 0.5) is 0 Å². The molecule has 0 radical (unpaired) electrons. The molecule has 14 bridgehead atoms. The van der Waals surface area contributed by atoms with Gasteiger partial charge in [0.25, 0.3) is 0 Å². The molecule has 0 aromatic heterocycles. The number of rotatable bonds is 27. The highest BCUT2D eigenvalue weighted by Gasteiger charge is 2.60. The van der Waals surface area contributed by atoms with Gasteiger partial charge in [-0.1, -0.05) is 0 Å². The van der Waals surface area contributed by atoms with Gasteiger partial charge in [-0.3, -0.25) is 19.2 Å². The van der Waals surface area contributed by atoms with Gasteiger partial charge in [-0.25, -0.2) is 0 Å². The van der Waals surface area contributed by atoms with E-state index >= 15 is 0 Å². The van der Waals surface area contributed by atoms with E-state index in [1.165, 1.54) is 14.0 Å². The molecular weight excluding hydrogens is 1440 g/mol. The van der Waals surface area contributed by atoms with Crippen LogP contribution >= 0.6 is 23.5 Å². The first-order valence-corrected chi connectivity index (χ1v) is 35.5. The maximum absolute atomic E-state index is 13.0. The molecule has 21 fully saturated rings. The highest BCUT2D eigenvalue weighted by Crippen LogP contribution is 2.40. The molecule has 103 heavy (non-hydrogen) atoms. The van der Waals surface area contributed by atoms with Crippen molar-refractivity contribution in [2.45, 2.75) is 247 Å². The van der Waals surface area contributed by atoms with Crippen molar-refractivity contribution in [2.75, 3.05) is 89.5 Å². The average Bonchev–Trinajstić information content (AvgIpc) is 0.785. The maximum Gasteiger partial charge on any atom is 0.321 e. The Hall–Kier alpha value is -2.46. The lowest BCUT2D eigenvalue weighted by molar-refractivity contribution is -0.395. The van der Waals surface area contributed by atoms with E-state index in [2.05, 4.69) is 5.32 Å². The number of hydrogen-bond donors (Lipinski definition) is 22. The zero-order chi connectivity index (χ0) is 75.4. The third-order valence-corrected chi connectivity index (χ3v) is 20.9. The third-order valence-electron chi connectivity index (χ3n) is 18.6. The quantitative estimate of drug-likeness (QED) is 0.0340. The SMILES string of the molecule is CN[C@H](CSCC1O[C@H]2O[C@@H]3C(CO)O[C@H](O[C@@H]4C(CO)O[C@H](O[C@@H]5C(CO)O[C@H](O[C@@H]6C(CSC[C@@H](CC(=O)CCOCCOCCC(C)=O)C(=O)O)O[C@H](O[C@@H]7C(CO)O[C@@H](O[C@@H]8C(CO)O[C@@H](O[C@H]1C(O)[C@@H]2O)C(O)[C@H]8O)[C@@H](O)C7O)C(O)[C@H]6O)C(O)[C@H]5O)[C@@H](O)C4O)[C@@H](O)C3O)C(=O)O. The number of Topliss-reactive ketones (excluding diaryl/α,β-unsaturated/α-hetero) is 2. The number of aliphatic hydroxyl groups excluding tert-OH is 19. The highest BCUT2D eigenvalue weighted by atomic mass is 32.2. The largest absolute Gasteiger partial charge is 0.481 e. The van der Waals surface area contributed by atoms with Gasteiger partial charge < -0.3 is 188 Å². The zero-order valence-electron chi connectivity index (χ0n) is 55.5. The van der Waals surface area contributed by atoms with Crippen molar-refractivity contribution in [3.05, 3.63) is 0 Å². The number of thioether (sulfide) groups is 2. The lowest BCUT2D eigenvalue weighted by atomic mass is 9.95. The van der Waals surface area contributed by atoms with Gasteiger partial charge in [0, 0.05) is 42.3 Å². The second-order valence-electron chi connectivity index (χ2n) is 25.7. The number of aliphatic carboxylic acids is 2. The molecule has 14 unspecified atom stereocenters. The Morgan fingerprint density at radius 1 is 0.350 bits per heavy atom. The first-order chi connectivity index (χ1) is 49.0. The molecule has 21 aliphatic rings. The summed E-state index contributed by atoms with van der Waals surface area (Å²) in [6, 6.07) is -1.18. The molecule has 21 heterocycles. The fourth-order valence-corrected chi connectivity index (χ4v) is 15.0. The number of carbonyl (C=O) groups excluding carboxylic acids is 2. The standard InChI is InChI=1S/C59H97NO41S2/c1-19(66)3-5-86-7-8-87-6-4-21(67)9-20(51(82)83)15-102-17-28-49-35(73)42(80)58(93-28)98-47-26(13-64)89-55(38(76)31(47)69)97-46-25(12-63)92-57(41(79)34(46)72)101-50-29(18-103-16-22(60-2)52(84)85)94-59(43(81)36(50)74)99-48-27(14-65)90-54(39(77)32(48)70)95-44-23(10-61)88-53(37(75)30(44)68)96-45-24(11-62)91-56(100-49)40(78)33(45)71/h20,22-50,53-65,68-81H,3-18H2,1-2H3,(H,82,83)(H,84,85)/t20-,22-,23?,24?,25?,26?,27?,28?,29?,30?,31?,32?,33-,34-,35-,36?,37+,38+,39+,40?,41?,42?,43+,44-,45-,46-,47-,48-,49-,50-,53-,54-,55+,56-,57+,58-,59+/m1/s1. The maximum atomic E-state index is 13.0. The van der Waals surface area contributed by atoms with Gasteiger partial charge in [0.15, 0.2) is 44.0 Å². The zero-order valence-corrected chi connectivity index (χ0v) is 57.2. The first-order valence-electron chi connectivity index (χ1n) is 33.2. The van der Waals surface area contributed by atoms with E-state index in [-0.39, 0.29) is 62.3 Å². The number of ketones is 2. The van der Waals surface area contributed by atoms with Crippen LogP contribution in [-0.2, 0) is 95.0 Å². The Bertz CT molecular complexity index is 2610. The lowest BCUT2D eigenvalue weighted by Crippen LogP contribution is -2.68. The van der Waals surface area contributed by atoms with E-state index in [0.29, 0.717) is 0 Å². The molecule has 21 rings (SSSR count). The normalized spacial score (nSPS) is 44.9. The van der Waals surface area contributed by atoms with E-state index in [0.717, 1.165) is 23.5 Å². The number of carboxylic acid groups (broad SMARTS) is 2. The predicted molar refractivity (Wildman–Crippen MR) is 332 cm³/mol. The number of carbonyl (C=O) groups is 4. The van der Waals surface area contributed by atoms with Gasteiger partial charge in [-0.15, -0.1) is 0 Å². The average molecular weight is 1540 g/mol. The van der Waals surface area contributed by atoms with Gasteiger partial charge in [-0.05, 0) is 14.0 Å². The van der Waals surface area contributed by atoms with Crippen molar-refractivity contribution in [3.8, 4) is 0 Å². The fourth-order valence-electron chi connectivity index (χ4n) is 12.6. The first kappa shape index (κ1) is 86.1. The smallest absolute Gasteiger partial charge is 0.321 e. The van der Waals surface area contributed by atoms with E-state index in [4.69, 9.17) is 75.8 Å². The highest BCUT2D eigenvalue weighted by molar-refractivity contribution is 7.99. The summed E-state index contributed by atoms with van der Waals surface area (Å²) >= 11 is 1.66. The summed E-state index contributed by atoms with van der Waals surface area (Å²) in [4.78, 5) is 48.7. The molecule has 44 heteroatoms. The number of carboxylic acids is 2. The van der Waals surface area contributed by atoms with Crippen LogP contribution in [0.15, 0.2) is 0 Å². The van der Waals surface area contributed by atoms with Gasteiger partial charge in [0.05, 0.1) is 77.6 Å². The minimum atomic E-state index is -2.31. The van der Waals surface area contributed by atoms with Crippen LogP contribution < -0.4 is 5.32 Å². The molecule has 0 aromatic carbocycles. The van der Waals surface area contributed by atoms with Crippen molar-refractivity contribution in [1.29, 1.82) is 0 Å². The predicted octanol–water partition coefficient (Wildman–Crippen LogP) is -13.0. The molecule has 22 N–H and O–H groups in total. The number of aliphatic hydroxyl groups is 19. The number of likely N-dealkylation sites (N-methyl/N-ethyl adjacent to an activating group) is 1. The molecule has 596 valence electrons. The van der Waals surface area contributed by atoms with Crippen molar-refractivity contribution in [3.63, 3.8) is 0 Å². The van der Waals surface area contributed by atoms with Crippen molar-refractivity contribution < 1.29 is 202 Å². The topological polar surface area (TPSA) is 653 Å². The Labute approximate surface area is 595 Å². The van der Waals surface area contributed by atoms with Gasteiger partial charge >= 0.3 is 11.9 Å². The molecule has 0 aliphatic carbocycles. The molecule has 0 aromatic rings. The minimum Gasteiger partial charge on any atom is -0.481 e. The van der Waals surface area contributed by atoms with E-state index in [1.807, 2.05) is 0 Å². The summed E-state index contributed by atoms with van der Waals surface area (Å²) in [6.45, 7) is -3.91. The van der Waals surface area contributed by atoms with Crippen LogP contribution in [0.2, 0.25) is 0 Å². The molecule has 21 saturated heterocycles. The molecule has 37 atom stereocenters. The summed E-state index contributed by atoms with van der Waals surface area (Å²) in [5, 5.41) is 239. The summed E-state index contributed by atoms with van der Waals surface area (Å²) in [6.07, 6.45) is -73.1. The fraction of sp³-hybridized carbons (Fsp3) is 0.932. The van der Waals surface area contributed by atoms with Gasteiger partial charge in [0.1, 0.15) is 176 Å². The monoisotopic (exact) mass is 1540 g/mol. The second kappa shape index (κ2) is 40.0. The molecule has 0 saturated carbocycles. The minimum absolute atomic E-state index is 0.0645. The van der Waals surface area contributed by atoms with E-state index < -0.39 is 290 Å². The Kier molecular flexibility index (Phi) is 33.4. The molecule has 0 spiro atoms.